The van der Waals surface area contributed by atoms with Crippen LogP contribution in [-0.2, 0) is 11.2 Å². The number of nitrogen functional groups attached to an aromatic ring is 1. The van der Waals surface area contributed by atoms with Gasteiger partial charge in [-0.25, -0.2) is 4.98 Å². The number of aryl methyl sites for hydroxylation is 1. The van der Waals surface area contributed by atoms with Crippen molar-refractivity contribution in [2.45, 2.75) is 44.8 Å². The molecule has 1 saturated heterocycles. The Morgan fingerprint density at radius 2 is 1.94 bits per heavy atom. The lowest BCUT2D eigenvalue weighted by Gasteiger charge is -2.33. The first-order chi connectivity index (χ1) is 15.0. The van der Waals surface area contributed by atoms with Gasteiger partial charge in [-0.05, 0) is 60.8 Å². The highest BCUT2D eigenvalue weighted by Crippen LogP contribution is 2.64. The average molecular weight is 430 g/mol. The normalized spacial score (nSPS) is 28.0. The van der Waals surface area contributed by atoms with E-state index in [1.807, 2.05) is 0 Å². The van der Waals surface area contributed by atoms with Gasteiger partial charge < -0.3 is 15.2 Å². The van der Waals surface area contributed by atoms with Crippen molar-refractivity contribution in [3.8, 4) is 17.0 Å². The first kappa shape index (κ1) is 20.6. The Kier molecular flexibility index (Phi) is 5.52. The summed E-state index contributed by atoms with van der Waals surface area (Å²) in [7, 11) is 0. The monoisotopic (exact) mass is 430 g/mol. The van der Waals surface area contributed by atoms with Crippen LogP contribution >= 0.6 is 0 Å². The van der Waals surface area contributed by atoms with Crippen molar-refractivity contribution in [1.29, 1.82) is 0 Å². The van der Waals surface area contributed by atoms with Gasteiger partial charge in [0.05, 0.1) is 18.9 Å². The second-order valence-corrected chi connectivity index (χ2v) is 8.74. The first-order valence-electron chi connectivity index (χ1n) is 11.1. The molecule has 31 heavy (non-hydrogen) atoms. The molecule has 6 nitrogen and oxygen atoms in total. The predicted octanol–water partition coefficient (Wildman–Crippen LogP) is 3.71. The Labute approximate surface area is 180 Å². The van der Waals surface area contributed by atoms with E-state index in [-0.39, 0.29) is 11.6 Å². The highest BCUT2D eigenvalue weighted by molar-refractivity contribution is 5.65. The summed E-state index contributed by atoms with van der Waals surface area (Å²) in [6.07, 6.45) is 4.86. The number of nitrogens with two attached hydrogens (primary N) is 1. The Balaban J connectivity index is 1.36. The third kappa shape index (κ3) is 4.11. The molecule has 0 spiro atoms. The van der Waals surface area contributed by atoms with Crippen molar-refractivity contribution >= 4 is 5.82 Å². The van der Waals surface area contributed by atoms with Crippen LogP contribution in [0.15, 0.2) is 24.4 Å². The molecule has 2 saturated carbocycles. The number of halogens is 2. The number of aromatic nitrogens is 2. The minimum absolute atomic E-state index is 0.0539. The van der Waals surface area contributed by atoms with E-state index in [2.05, 4.69) is 33.7 Å². The van der Waals surface area contributed by atoms with E-state index in [1.54, 1.807) is 6.20 Å². The molecular formula is C23H28F2N4O2. The molecule has 2 N–H and O–H groups in total. The van der Waals surface area contributed by atoms with Crippen LogP contribution < -0.4 is 10.5 Å². The number of nitrogens with zero attached hydrogens (tertiary/aromatic N) is 3. The summed E-state index contributed by atoms with van der Waals surface area (Å²) in [5.41, 5.74) is 9.36. The molecule has 5 rings (SSSR count). The van der Waals surface area contributed by atoms with Gasteiger partial charge in [-0.1, -0.05) is 6.92 Å². The lowest BCUT2D eigenvalue weighted by Crippen LogP contribution is -2.43. The predicted molar refractivity (Wildman–Crippen MR) is 113 cm³/mol. The van der Waals surface area contributed by atoms with Crippen molar-refractivity contribution in [2.24, 2.45) is 11.8 Å². The smallest absolute Gasteiger partial charge is 0.387 e. The molecule has 2 aromatic heterocycles. The molecule has 0 amide bonds. The molecule has 166 valence electrons. The lowest BCUT2D eigenvalue weighted by atomic mass is 9.97. The fraction of sp³-hybridized carbons (Fsp3) is 0.565. The molecule has 4 atom stereocenters. The molecule has 0 aromatic carbocycles. The molecule has 3 aliphatic rings. The molecule has 8 heteroatoms. The van der Waals surface area contributed by atoms with Crippen LogP contribution in [0.1, 0.15) is 36.9 Å². The molecule has 0 bridgehead atoms. The van der Waals surface area contributed by atoms with Gasteiger partial charge in [0.15, 0.2) is 11.6 Å². The van der Waals surface area contributed by atoms with E-state index in [0.29, 0.717) is 17.5 Å². The van der Waals surface area contributed by atoms with Gasteiger partial charge >= 0.3 is 6.61 Å². The van der Waals surface area contributed by atoms with E-state index in [4.69, 9.17) is 15.5 Å². The number of fused-ring (bicyclic) bond motifs is 1. The fourth-order valence-electron chi connectivity index (χ4n) is 5.47. The minimum Gasteiger partial charge on any atom is -0.431 e. The zero-order valence-corrected chi connectivity index (χ0v) is 17.6. The number of anilines is 1. The maximum absolute atomic E-state index is 12.7. The van der Waals surface area contributed by atoms with Gasteiger partial charge in [-0.15, -0.1) is 0 Å². The highest BCUT2D eigenvalue weighted by Gasteiger charge is 2.57. The van der Waals surface area contributed by atoms with Crippen LogP contribution in [-0.4, -0.2) is 53.8 Å². The number of rotatable bonds is 6. The third-order valence-electron chi connectivity index (χ3n) is 7.02. The average Bonchev–Trinajstić information content (AvgIpc) is 3.28. The van der Waals surface area contributed by atoms with E-state index in [9.17, 15) is 8.78 Å². The van der Waals surface area contributed by atoms with E-state index >= 15 is 0 Å². The summed E-state index contributed by atoms with van der Waals surface area (Å²) < 4.78 is 35.4. The van der Waals surface area contributed by atoms with Crippen molar-refractivity contribution in [3.63, 3.8) is 0 Å². The fourth-order valence-corrected chi connectivity index (χ4v) is 5.47. The van der Waals surface area contributed by atoms with Crippen LogP contribution in [0.2, 0.25) is 0 Å². The van der Waals surface area contributed by atoms with Crippen molar-refractivity contribution in [1.82, 2.24) is 14.9 Å². The highest BCUT2D eigenvalue weighted by atomic mass is 19.3. The van der Waals surface area contributed by atoms with Crippen molar-refractivity contribution < 1.29 is 18.3 Å². The second-order valence-electron chi connectivity index (χ2n) is 8.74. The summed E-state index contributed by atoms with van der Waals surface area (Å²) >= 11 is 0. The Morgan fingerprint density at radius 3 is 2.61 bits per heavy atom. The molecule has 1 aliphatic heterocycles. The number of hydrogen-bond donors (Lipinski definition) is 1. The summed E-state index contributed by atoms with van der Waals surface area (Å²) in [5, 5.41) is 0. The van der Waals surface area contributed by atoms with Gasteiger partial charge in [0.2, 0.25) is 0 Å². The van der Waals surface area contributed by atoms with E-state index < -0.39 is 6.61 Å². The van der Waals surface area contributed by atoms with Crippen LogP contribution in [0, 0.1) is 11.8 Å². The Hall–Kier alpha value is -2.32. The number of alkyl halides is 2. The van der Waals surface area contributed by atoms with Crippen LogP contribution in [0.25, 0.3) is 11.3 Å². The summed E-state index contributed by atoms with van der Waals surface area (Å²) in [6, 6.07) is 6.47. The van der Waals surface area contributed by atoms with Crippen LogP contribution in [0.4, 0.5) is 14.6 Å². The van der Waals surface area contributed by atoms with Crippen LogP contribution in [0.5, 0.6) is 5.75 Å². The summed E-state index contributed by atoms with van der Waals surface area (Å²) in [6.45, 7) is 2.90. The molecule has 2 aliphatic carbocycles. The summed E-state index contributed by atoms with van der Waals surface area (Å²) in [4.78, 5) is 11.3. The van der Waals surface area contributed by atoms with Crippen LogP contribution in [0.3, 0.4) is 0 Å². The minimum atomic E-state index is -2.95. The summed E-state index contributed by atoms with van der Waals surface area (Å²) in [5.74, 6) is 1.82. The van der Waals surface area contributed by atoms with Crippen molar-refractivity contribution in [2.75, 3.05) is 32.0 Å². The zero-order chi connectivity index (χ0) is 21.5. The largest absolute Gasteiger partial charge is 0.431 e. The Morgan fingerprint density at radius 1 is 1.19 bits per heavy atom. The molecule has 2 aromatic rings. The third-order valence-corrected chi connectivity index (χ3v) is 7.02. The topological polar surface area (TPSA) is 73.5 Å². The second kappa shape index (κ2) is 8.31. The quantitative estimate of drug-likeness (QED) is 0.753. The van der Waals surface area contributed by atoms with Gasteiger partial charge in [0, 0.05) is 36.6 Å². The molecule has 2 unspecified atom stereocenters. The van der Waals surface area contributed by atoms with Gasteiger partial charge in [0.1, 0.15) is 0 Å². The molecule has 3 fully saturated rings. The SMILES string of the molecule is CCc1cc(C2[C@H]3CC(N4CCOCC4)C[C@@H]23)cc(-c2cnc(N)c(OC(F)F)c2)n1. The van der Waals surface area contributed by atoms with E-state index in [1.165, 1.54) is 24.5 Å². The molecular weight excluding hydrogens is 402 g/mol. The van der Waals surface area contributed by atoms with Gasteiger partial charge in [-0.2, -0.15) is 8.78 Å². The molecule has 3 heterocycles. The number of hydrogen-bond acceptors (Lipinski definition) is 6. The maximum atomic E-state index is 12.7. The van der Waals surface area contributed by atoms with Gasteiger partial charge in [0.25, 0.3) is 0 Å². The standard InChI is InChI=1S/C23H28F2N4O2/c1-2-15-7-13(21-17-10-16(11-18(17)21)29-3-5-30-6-4-29)8-19(28-15)14-9-20(31-23(24)25)22(26)27-12-14/h7-9,12,16-18,21,23H,2-6,10-11H2,1H3,(H2,26,27)/t16?,17-,18+,21?. The van der Waals surface area contributed by atoms with Crippen molar-refractivity contribution in [3.05, 3.63) is 35.7 Å². The number of ether oxygens (including phenoxy) is 2. The number of morpholine rings is 1. The van der Waals surface area contributed by atoms with Gasteiger partial charge in [-0.3, -0.25) is 9.88 Å². The number of pyridine rings is 2. The molecule has 0 radical (unpaired) electrons. The lowest BCUT2D eigenvalue weighted by molar-refractivity contribution is -0.0494. The first-order valence-corrected chi connectivity index (χ1v) is 11.1. The maximum Gasteiger partial charge on any atom is 0.387 e. The zero-order valence-electron chi connectivity index (χ0n) is 17.6. The van der Waals surface area contributed by atoms with E-state index in [0.717, 1.165) is 55.9 Å². The Bertz CT molecular complexity index is 939.